The van der Waals surface area contributed by atoms with Crippen molar-refractivity contribution < 1.29 is 4.74 Å². The van der Waals surface area contributed by atoms with E-state index in [0.717, 1.165) is 0 Å². The highest BCUT2D eigenvalue weighted by Gasteiger charge is 2.15. The minimum Gasteiger partial charge on any atom is -0.375 e. The molecule has 0 aromatic heterocycles. The van der Waals surface area contributed by atoms with Crippen molar-refractivity contribution in [1.29, 1.82) is 0 Å². The first-order valence-corrected chi connectivity index (χ1v) is 9.93. The van der Waals surface area contributed by atoms with Gasteiger partial charge in [-0.2, -0.15) is 0 Å². The fourth-order valence-electron chi connectivity index (χ4n) is 3.07. The molecule has 22 heavy (non-hydrogen) atoms. The highest BCUT2D eigenvalue weighted by molar-refractivity contribution is 5.75. The second-order valence-corrected chi connectivity index (χ2v) is 6.66. The van der Waals surface area contributed by atoms with Crippen LogP contribution >= 0.6 is 0 Å². The second kappa shape index (κ2) is 19.8. The van der Waals surface area contributed by atoms with Gasteiger partial charge in [-0.1, -0.05) is 91.9 Å². The normalized spacial score (nSPS) is 13.6. The number of ether oxygens (including phenoxy) is 1. The van der Waals surface area contributed by atoms with E-state index in [0.29, 0.717) is 12.2 Å². The van der Waals surface area contributed by atoms with Crippen molar-refractivity contribution in [1.82, 2.24) is 0 Å². The molecule has 2 atom stereocenters. The van der Waals surface area contributed by atoms with Crippen molar-refractivity contribution in [2.75, 3.05) is 0 Å². The van der Waals surface area contributed by atoms with Crippen LogP contribution in [-0.4, -0.2) is 35.3 Å². The van der Waals surface area contributed by atoms with Crippen molar-refractivity contribution in [2.45, 2.75) is 130 Å². The SMILES string of the molecule is CCCCCCC(CCC)OC(CCC)CCCCCC.[Mg]. The van der Waals surface area contributed by atoms with Gasteiger partial charge in [0.2, 0.25) is 0 Å². The largest absolute Gasteiger partial charge is 0.375 e. The molecule has 0 bridgehead atoms. The van der Waals surface area contributed by atoms with E-state index in [1.54, 1.807) is 0 Å². The summed E-state index contributed by atoms with van der Waals surface area (Å²) < 4.78 is 6.49. The predicted octanol–water partition coefficient (Wildman–Crippen LogP) is 6.90. The fraction of sp³-hybridized carbons (Fsp3) is 1.00. The van der Waals surface area contributed by atoms with Crippen LogP contribution in [0.25, 0.3) is 0 Å². The van der Waals surface area contributed by atoms with Crippen molar-refractivity contribution >= 4 is 23.1 Å². The molecule has 0 aromatic carbocycles. The van der Waals surface area contributed by atoms with Gasteiger partial charge >= 0.3 is 0 Å². The molecule has 0 rings (SSSR count). The molecule has 0 saturated carbocycles. The third kappa shape index (κ3) is 15.6. The molecule has 1 nitrogen and oxygen atoms in total. The Labute approximate surface area is 157 Å². The number of rotatable bonds is 16. The summed E-state index contributed by atoms with van der Waals surface area (Å²) in [5, 5.41) is 0. The van der Waals surface area contributed by atoms with Gasteiger partial charge < -0.3 is 4.74 Å². The van der Waals surface area contributed by atoms with Gasteiger partial charge in [0.05, 0.1) is 12.2 Å². The third-order valence-corrected chi connectivity index (χ3v) is 4.37. The molecule has 0 heterocycles. The molecule has 0 aliphatic carbocycles. The van der Waals surface area contributed by atoms with Crippen molar-refractivity contribution in [3.05, 3.63) is 0 Å². The van der Waals surface area contributed by atoms with Crippen LogP contribution in [0, 0.1) is 0 Å². The van der Waals surface area contributed by atoms with Crippen LogP contribution in [0.4, 0.5) is 0 Å². The molecule has 2 heteroatoms. The second-order valence-electron chi connectivity index (χ2n) is 6.66. The van der Waals surface area contributed by atoms with E-state index < -0.39 is 0 Å². The van der Waals surface area contributed by atoms with E-state index in [4.69, 9.17) is 4.74 Å². The Hall–Kier alpha value is 0.726. The lowest BCUT2D eigenvalue weighted by atomic mass is 10.0. The Bertz CT molecular complexity index is 176. The summed E-state index contributed by atoms with van der Waals surface area (Å²) in [4.78, 5) is 0. The minimum absolute atomic E-state index is 0. The molecular weight excluding hydrogens is 281 g/mol. The van der Waals surface area contributed by atoms with Crippen LogP contribution in [0.1, 0.15) is 118 Å². The average molecular weight is 323 g/mol. The number of hydrogen-bond donors (Lipinski definition) is 0. The Morgan fingerprint density at radius 2 is 0.909 bits per heavy atom. The maximum Gasteiger partial charge on any atom is 0.0578 e. The molecular formula is C20H42MgO. The molecule has 0 aliphatic heterocycles. The lowest BCUT2D eigenvalue weighted by molar-refractivity contribution is -0.0308. The van der Waals surface area contributed by atoms with E-state index in [2.05, 4.69) is 27.7 Å². The van der Waals surface area contributed by atoms with Crippen molar-refractivity contribution in [3.63, 3.8) is 0 Å². The maximum atomic E-state index is 6.49. The fourth-order valence-corrected chi connectivity index (χ4v) is 3.07. The van der Waals surface area contributed by atoms with E-state index in [-0.39, 0.29) is 23.1 Å². The van der Waals surface area contributed by atoms with Gasteiger partial charge in [0.15, 0.2) is 0 Å². The first kappa shape index (κ1) is 25.0. The van der Waals surface area contributed by atoms with Gasteiger partial charge in [-0.15, -0.1) is 0 Å². The molecule has 0 fully saturated rings. The van der Waals surface area contributed by atoms with Gasteiger partial charge in [-0.3, -0.25) is 0 Å². The van der Waals surface area contributed by atoms with Crippen LogP contribution in [0.2, 0.25) is 0 Å². The van der Waals surface area contributed by atoms with E-state index in [9.17, 15) is 0 Å². The van der Waals surface area contributed by atoms with Crippen LogP contribution in [-0.2, 0) is 4.74 Å². The molecule has 130 valence electrons. The van der Waals surface area contributed by atoms with Gasteiger partial charge in [0.1, 0.15) is 0 Å². The van der Waals surface area contributed by atoms with Gasteiger partial charge in [0.25, 0.3) is 0 Å². The van der Waals surface area contributed by atoms with Crippen LogP contribution < -0.4 is 0 Å². The first-order valence-electron chi connectivity index (χ1n) is 9.93. The molecule has 0 aromatic rings. The zero-order valence-electron chi connectivity index (χ0n) is 16.2. The smallest absolute Gasteiger partial charge is 0.0578 e. The van der Waals surface area contributed by atoms with Crippen LogP contribution in [0.3, 0.4) is 0 Å². The highest BCUT2D eigenvalue weighted by atomic mass is 24.3. The summed E-state index contributed by atoms with van der Waals surface area (Å²) in [6, 6.07) is 0. The standard InChI is InChI=1S/C20H42O.Mg/c1-5-9-11-13-17-19(15-7-3)21-20(16-8-4)18-14-12-10-6-2;/h19-20H,5-18H2,1-4H3;. The molecule has 2 unspecified atom stereocenters. The Kier molecular flexibility index (Phi) is 22.4. The van der Waals surface area contributed by atoms with Crippen LogP contribution in [0.5, 0.6) is 0 Å². The number of unbranched alkanes of at least 4 members (excludes halogenated alkanes) is 6. The highest BCUT2D eigenvalue weighted by Crippen LogP contribution is 2.20. The summed E-state index contributed by atoms with van der Waals surface area (Å²) in [5.41, 5.74) is 0. The number of hydrogen-bond acceptors (Lipinski definition) is 1. The topological polar surface area (TPSA) is 9.23 Å². The molecule has 2 radical (unpaired) electrons. The Morgan fingerprint density at radius 1 is 0.500 bits per heavy atom. The zero-order chi connectivity index (χ0) is 15.8. The average Bonchev–Trinajstić information content (AvgIpc) is 2.48. The van der Waals surface area contributed by atoms with Gasteiger partial charge in [-0.25, -0.2) is 0 Å². The predicted molar refractivity (Wildman–Crippen MR) is 102 cm³/mol. The summed E-state index contributed by atoms with van der Waals surface area (Å²) in [6.45, 7) is 9.15. The van der Waals surface area contributed by atoms with Crippen LogP contribution in [0.15, 0.2) is 0 Å². The Balaban J connectivity index is 0. The zero-order valence-corrected chi connectivity index (χ0v) is 17.6. The van der Waals surface area contributed by atoms with E-state index in [1.165, 1.54) is 89.9 Å². The third-order valence-electron chi connectivity index (χ3n) is 4.37. The van der Waals surface area contributed by atoms with Crippen molar-refractivity contribution in [3.8, 4) is 0 Å². The molecule has 0 amide bonds. The summed E-state index contributed by atoms with van der Waals surface area (Å²) in [7, 11) is 0. The quantitative estimate of drug-likeness (QED) is 0.222. The molecule has 0 saturated heterocycles. The monoisotopic (exact) mass is 322 g/mol. The van der Waals surface area contributed by atoms with Crippen molar-refractivity contribution in [2.24, 2.45) is 0 Å². The van der Waals surface area contributed by atoms with Gasteiger partial charge in [0, 0.05) is 23.1 Å². The molecule has 0 spiro atoms. The minimum atomic E-state index is 0. The Morgan fingerprint density at radius 3 is 1.23 bits per heavy atom. The lowest BCUT2D eigenvalue weighted by Crippen LogP contribution is -2.22. The van der Waals surface area contributed by atoms with E-state index >= 15 is 0 Å². The summed E-state index contributed by atoms with van der Waals surface area (Å²) >= 11 is 0. The summed E-state index contributed by atoms with van der Waals surface area (Å²) in [6.07, 6.45) is 19.5. The van der Waals surface area contributed by atoms with E-state index in [1.807, 2.05) is 0 Å². The maximum absolute atomic E-state index is 6.49. The summed E-state index contributed by atoms with van der Waals surface area (Å²) in [5.74, 6) is 0. The lowest BCUT2D eigenvalue weighted by Gasteiger charge is -2.25. The first-order chi connectivity index (χ1) is 10.3. The molecule has 0 aliphatic rings. The molecule has 0 N–H and O–H groups in total. The van der Waals surface area contributed by atoms with Gasteiger partial charge in [-0.05, 0) is 25.7 Å².